The highest BCUT2D eigenvalue weighted by Gasteiger charge is 2.31. The van der Waals surface area contributed by atoms with Gasteiger partial charge in [0.05, 0.1) is 29.4 Å². The number of nitrogens with one attached hydrogen (secondary N) is 2. The fraction of sp³-hybridized carbons (Fsp3) is 0.250. The first-order valence-corrected chi connectivity index (χ1v) is 10.6. The Morgan fingerprint density at radius 1 is 1.29 bits per heavy atom. The zero-order valence-corrected chi connectivity index (χ0v) is 18.8. The standard InChI is InChI=1S/C24H20F3N5O3/c1-13-17(14(2)29-22(34)18(13)11-28)6-8-21(33)31-23-30-19-10-15(24(25,26)27)5-7-20(19)32(23)12-16-4-3-9-35-16/h3-5,7,9-10H,6,8,12H2,1-2H3,(H,29,34)(H,30,31,33). The summed E-state index contributed by atoms with van der Waals surface area (Å²) in [7, 11) is 0. The number of carbonyl (C=O) groups is 1. The zero-order valence-electron chi connectivity index (χ0n) is 18.8. The van der Waals surface area contributed by atoms with Crippen LogP contribution in [0.5, 0.6) is 0 Å². The predicted molar refractivity (Wildman–Crippen MR) is 121 cm³/mol. The first-order valence-electron chi connectivity index (χ1n) is 10.6. The van der Waals surface area contributed by atoms with Crippen LogP contribution < -0.4 is 10.9 Å². The van der Waals surface area contributed by atoms with Gasteiger partial charge in [0.2, 0.25) is 11.9 Å². The molecule has 0 aliphatic rings. The first kappa shape index (κ1) is 23.8. The summed E-state index contributed by atoms with van der Waals surface area (Å²) in [5.74, 6) is 0.178. The van der Waals surface area contributed by atoms with Crippen molar-refractivity contribution in [3.63, 3.8) is 0 Å². The minimum atomic E-state index is -4.53. The summed E-state index contributed by atoms with van der Waals surface area (Å²) in [6, 6.07) is 8.45. The van der Waals surface area contributed by atoms with Gasteiger partial charge in [-0.3, -0.25) is 14.9 Å². The van der Waals surface area contributed by atoms with Crippen molar-refractivity contribution >= 4 is 22.9 Å². The van der Waals surface area contributed by atoms with E-state index >= 15 is 0 Å². The predicted octanol–water partition coefficient (Wildman–Crippen LogP) is 4.44. The number of halogens is 3. The molecule has 0 bridgehead atoms. The summed E-state index contributed by atoms with van der Waals surface area (Å²) in [5.41, 5.74) is 0.879. The molecule has 0 saturated heterocycles. The van der Waals surface area contributed by atoms with E-state index in [4.69, 9.17) is 4.42 Å². The van der Waals surface area contributed by atoms with Crippen LogP contribution in [0.15, 0.2) is 45.8 Å². The van der Waals surface area contributed by atoms with Gasteiger partial charge in [-0.05, 0) is 61.7 Å². The van der Waals surface area contributed by atoms with Crippen molar-refractivity contribution in [1.82, 2.24) is 14.5 Å². The molecule has 8 nitrogen and oxygen atoms in total. The third kappa shape index (κ3) is 4.82. The molecule has 0 spiro atoms. The molecule has 180 valence electrons. The van der Waals surface area contributed by atoms with Crippen molar-refractivity contribution in [2.75, 3.05) is 5.32 Å². The van der Waals surface area contributed by atoms with Crippen LogP contribution in [-0.4, -0.2) is 20.4 Å². The van der Waals surface area contributed by atoms with E-state index in [2.05, 4.69) is 15.3 Å². The van der Waals surface area contributed by atoms with Crippen LogP contribution in [0.2, 0.25) is 0 Å². The second-order valence-corrected chi connectivity index (χ2v) is 8.02. The number of anilines is 1. The van der Waals surface area contributed by atoms with Gasteiger partial charge in [-0.1, -0.05) is 0 Å². The van der Waals surface area contributed by atoms with E-state index in [1.165, 1.54) is 12.3 Å². The SMILES string of the molecule is Cc1[nH]c(=O)c(C#N)c(C)c1CCC(=O)Nc1nc2cc(C(F)(F)F)ccc2n1Cc1ccco1. The summed E-state index contributed by atoms with van der Waals surface area (Å²) in [5, 5.41) is 11.9. The van der Waals surface area contributed by atoms with E-state index in [0.29, 0.717) is 28.1 Å². The summed E-state index contributed by atoms with van der Waals surface area (Å²) < 4.78 is 46.5. The average molecular weight is 483 g/mol. The molecule has 0 unspecified atom stereocenters. The number of aryl methyl sites for hydroxylation is 1. The molecule has 0 aliphatic carbocycles. The summed E-state index contributed by atoms with van der Waals surface area (Å²) in [6.07, 6.45) is -2.82. The molecule has 1 amide bonds. The Morgan fingerprint density at radius 2 is 2.06 bits per heavy atom. The zero-order chi connectivity index (χ0) is 25.3. The highest BCUT2D eigenvalue weighted by atomic mass is 19.4. The smallest absolute Gasteiger partial charge is 0.416 e. The lowest BCUT2D eigenvalue weighted by Crippen LogP contribution is -2.19. The lowest BCUT2D eigenvalue weighted by atomic mass is 9.99. The van der Waals surface area contributed by atoms with Gasteiger partial charge in [0.25, 0.3) is 5.56 Å². The maximum Gasteiger partial charge on any atom is 0.416 e. The van der Waals surface area contributed by atoms with Crippen LogP contribution in [0.1, 0.15) is 40.1 Å². The van der Waals surface area contributed by atoms with E-state index in [-0.39, 0.29) is 36.4 Å². The number of alkyl halides is 3. The quantitative estimate of drug-likeness (QED) is 0.420. The number of carbonyl (C=O) groups excluding carboxylic acids is 1. The fourth-order valence-corrected chi connectivity index (χ4v) is 3.97. The minimum Gasteiger partial charge on any atom is -0.467 e. The number of hydrogen-bond donors (Lipinski definition) is 2. The van der Waals surface area contributed by atoms with Gasteiger partial charge < -0.3 is 14.0 Å². The molecular weight excluding hydrogens is 463 g/mol. The number of rotatable bonds is 6. The van der Waals surface area contributed by atoms with Gasteiger partial charge in [-0.25, -0.2) is 4.98 Å². The summed E-state index contributed by atoms with van der Waals surface area (Å²) >= 11 is 0. The number of nitriles is 1. The number of aromatic nitrogens is 3. The third-order valence-electron chi connectivity index (χ3n) is 5.74. The van der Waals surface area contributed by atoms with Crippen LogP contribution >= 0.6 is 0 Å². The van der Waals surface area contributed by atoms with E-state index in [1.807, 2.05) is 6.07 Å². The van der Waals surface area contributed by atoms with Crippen LogP contribution in [0.3, 0.4) is 0 Å². The number of nitrogens with zero attached hydrogens (tertiary/aromatic N) is 3. The molecule has 11 heteroatoms. The number of pyridine rings is 1. The van der Waals surface area contributed by atoms with E-state index < -0.39 is 23.2 Å². The number of furan rings is 1. The number of benzene rings is 1. The van der Waals surface area contributed by atoms with Crippen molar-refractivity contribution < 1.29 is 22.4 Å². The van der Waals surface area contributed by atoms with Gasteiger partial charge in [-0.2, -0.15) is 18.4 Å². The Kier molecular flexibility index (Phi) is 6.22. The van der Waals surface area contributed by atoms with Gasteiger partial charge >= 0.3 is 6.18 Å². The number of aromatic amines is 1. The van der Waals surface area contributed by atoms with E-state index in [1.54, 1.807) is 30.5 Å². The molecule has 0 fully saturated rings. The normalized spacial score (nSPS) is 11.5. The van der Waals surface area contributed by atoms with Crippen molar-refractivity contribution in [1.29, 1.82) is 5.26 Å². The van der Waals surface area contributed by atoms with E-state index in [0.717, 1.165) is 12.1 Å². The number of fused-ring (bicyclic) bond motifs is 1. The second-order valence-electron chi connectivity index (χ2n) is 8.02. The van der Waals surface area contributed by atoms with Crippen molar-refractivity contribution in [2.24, 2.45) is 0 Å². The lowest BCUT2D eigenvalue weighted by Gasteiger charge is -2.12. The number of H-pyrrole nitrogens is 1. The largest absolute Gasteiger partial charge is 0.467 e. The topological polar surface area (TPSA) is 117 Å². The Morgan fingerprint density at radius 3 is 2.71 bits per heavy atom. The Labute approximate surface area is 197 Å². The molecule has 0 radical (unpaired) electrons. The average Bonchev–Trinajstić information content (AvgIpc) is 3.41. The molecular formula is C24H20F3N5O3. The third-order valence-corrected chi connectivity index (χ3v) is 5.74. The maximum absolute atomic E-state index is 13.2. The van der Waals surface area contributed by atoms with Gasteiger partial charge in [0.1, 0.15) is 17.4 Å². The van der Waals surface area contributed by atoms with Gasteiger partial charge in [-0.15, -0.1) is 0 Å². The molecule has 1 aromatic carbocycles. The molecule has 4 rings (SSSR count). The molecule has 3 aromatic heterocycles. The van der Waals surface area contributed by atoms with Crippen LogP contribution in [0.4, 0.5) is 19.1 Å². The molecule has 0 aliphatic heterocycles. The summed E-state index contributed by atoms with van der Waals surface area (Å²) in [4.78, 5) is 31.5. The van der Waals surface area contributed by atoms with Crippen LogP contribution in [0, 0.1) is 25.2 Å². The van der Waals surface area contributed by atoms with E-state index in [9.17, 15) is 28.0 Å². The molecule has 3 heterocycles. The van der Waals surface area contributed by atoms with Crippen LogP contribution in [-0.2, 0) is 23.9 Å². The monoisotopic (exact) mass is 483 g/mol. The number of imidazole rings is 1. The molecule has 0 atom stereocenters. The van der Waals surface area contributed by atoms with Gasteiger partial charge in [0.15, 0.2) is 0 Å². The number of hydrogen-bond acceptors (Lipinski definition) is 5. The second kappa shape index (κ2) is 9.13. The maximum atomic E-state index is 13.2. The lowest BCUT2D eigenvalue weighted by molar-refractivity contribution is -0.137. The highest BCUT2D eigenvalue weighted by molar-refractivity contribution is 5.92. The minimum absolute atomic E-state index is 0.00362. The number of amides is 1. The van der Waals surface area contributed by atoms with Crippen molar-refractivity contribution in [3.8, 4) is 6.07 Å². The van der Waals surface area contributed by atoms with Crippen molar-refractivity contribution in [3.05, 3.63) is 80.7 Å². The fourth-order valence-electron chi connectivity index (χ4n) is 3.97. The Balaban J connectivity index is 1.62. The highest BCUT2D eigenvalue weighted by Crippen LogP contribution is 2.32. The molecule has 2 N–H and O–H groups in total. The van der Waals surface area contributed by atoms with Crippen LogP contribution in [0.25, 0.3) is 11.0 Å². The first-order chi connectivity index (χ1) is 16.6. The Bertz CT molecular complexity index is 1510. The Hall–Kier alpha value is -4.33. The van der Waals surface area contributed by atoms with Gasteiger partial charge in [0, 0.05) is 12.1 Å². The molecule has 4 aromatic rings. The van der Waals surface area contributed by atoms with Crippen molar-refractivity contribution in [2.45, 2.75) is 39.4 Å². The molecule has 35 heavy (non-hydrogen) atoms. The molecule has 0 saturated carbocycles. The summed E-state index contributed by atoms with van der Waals surface area (Å²) in [6.45, 7) is 3.48.